The summed E-state index contributed by atoms with van der Waals surface area (Å²) < 4.78 is 0.949. The van der Waals surface area contributed by atoms with Crippen molar-refractivity contribution in [2.45, 2.75) is 277 Å². The van der Waals surface area contributed by atoms with E-state index in [1.54, 1.807) is 0 Å². The van der Waals surface area contributed by atoms with Crippen LogP contribution in [0.2, 0.25) is 0 Å². The molecule has 0 saturated heterocycles. The molecule has 0 aliphatic carbocycles. The van der Waals surface area contributed by atoms with E-state index in [1.165, 1.54) is 225 Å². The first-order chi connectivity index (χ1) is 30.3. The largest absolute Gasteiger partial charge is 1.00 e. The summed E-state index contributed by atoms with van der Waals surface area (Å²) in [7, 11) is 7.08. The quantitative estimate of drug-likeness (QED) is 0.0367. The first-order valence-electron chi connectivity index (χ1n) is 27.7. The van der Waals surface area contributed by atoms with Gasteiger partial charge in [0.05, 0.1) is 33.8 Å². The van der Waals surface area contributed by atoms with Crippen LogP contribution in [0, 0.1) is 5.41 Å². The Hall–Kier alpha value is -1.35. The zero-order valence-electron chi connectivity index (χ0n) is 43.6. The van der Waals surface area contributed by atoms with Crippen molar-refractivity contribution in [2.24, 2.45) is 5.41 Å². The number of quaternary nitrogens is 1. The number of nitrogens with zero attached hydrogens (tertiary/aromatic N) is 1. The van der Waals surface area contributed by atoms with Crippen LogP contribution in [-0.2, 0) is 0 Å². The number of hydrogen-bond acceptors (Lipinski definition) is 1. The molecule has 0 amide bonds. The molecule has 0 aromatic carbocycles. The molecule has 0 heterocycles. The summed E-state index contributed by atoms with van der Waals surface area (Å²) in [5, 5.41) is 12.1. The van der Waals surface area contributed by atoms with E-state index in [-0.39, 0.29) is 23.9 Å². The SMILES string of the molecule is CCCCC/C=C\C/C=C\CCCCCCCCC(O)C(CCCCCCCC/C=C\C/C=C\CCCCC)(CCCCCCCC/C=C\C/C=C\CCCCC)C[N+](C)(C)C.[Cl-]. The van der Waals surface area contributed by atoms with Gasteiger partial charge in [0.1, 0.15) is 0 Å². The van der Waals surface area contributed by atoms with Gasteiger partial charge in [0.25, 0.3) is 0 Å². The second-order valence-electron chi connectivity index (χ2n) is 20.4. The van der Waals surface area contributed by atoms with E-state index in [1.807, 2.05) is 0 Å². The van der Waals surface area contributed by atoms with E-state index >= 15 is 0 Å². The second-order valence-corrected chi connectivity index (χ2v) is 20.4. The van der Waals surface area contributed by atoms with Crippen molar-refractivity contribution in [1.29, 1.82) is 0 Å². The Morgan fingerprint density at radius 3 is 0.889 bits per heavy atom. The van der Waals surface area contributed by atoms with Crippen molar-refractivity contribution in [3.05, 3.63) is 72.9 Å². The lowest BCUT2D eigenvalue weighted by molar-refractivity contribution is -0.878. The average Bonchev–Trinajstić information content (AvgIpc) is 3.25. The molecule has 1 atom stereocenters. The van der Waals surface area contributed by atoms with Gasteiger partial charge in [-0.3, -0.25) is 0 Å². The van der Waals surface area contributed by atoms with Crippen molar-refractivity contribution >= 4 is 0 Å². The zero-order valence-corrected chi connectivity index (χ0v) is 44.3. The fourth-order valence-corrected chi connectivity index (χ4v) is 9.23. The zero-order chi connectivity index (χ0) is 45.3. The Balaban J connectivity index is 0. The summed E-state index contributed by atoms with van der Waals surface area (Å²) in [5.74, 6) is 0. The van der Waals surface area contributed by atoms with E-state index in [0.717, 1.165) is 36.7 Å². The summed E-state index contributed by atoms with van der Waals surface area (Å²) in [6.07, 6.45) is 77.9. The monoisotopic (exact) mass is 898 g/mol. The van der Waals surface area contributed by atoms with Crippen molar-refractivity contribution in [1.82, 2.24) is 0 Å². The van der Waals surface area contributed by atoms with Crippen LogP contribution in [0.1, 0.15) is 271 Å². The predicted octanol–water partition coefficient (Wildman–Crippen LogP) is 16.7. The molecule has 0 rings (SSSR count). The first kappa shape index (κ1) is 63.7. The van der Waals surface area contributed by atoms with E-state index < -0.39 is 0 Å². The third kappa shape index (κ3) is 47.0. The molecular formula is C60H112ClNO. The van der Waals surface area contributed by atoms with Gasteiger partial charge in [0, 0.05) is 5.41 Å². The number of unbranched alkanes of at least 4 members (excludes halogenated alkanes) is 27. The fourth-order valence-electron chi connectivity index (χ4n) is 9.23. The molecule has 370 valence electrons. The molecule has 3 heteroatoms. The highest BCUT2D eigenvalue weighted by Crippen LogP contribution is 2.39. The summed E-state index contributed by atoms with van der Waals surface area (Å²) in [4.78, 5) is 0. The van der Waals surface area contributed by atoms with E-state index in [0.29, 0.717) is 0 Å². The van der Waals surface area contributed by atoms with Gasteiger partial charge in [-0.15, -0.1) is 0 Å². The number of allylic oxidation sites excluding steroid dienone is 12. The third-order valence-corrected chi connectivity index (χ3v) is 12.9. The minimum Gasteiger partial charge on any atom is -1.00 e. The third-order valence-electron chi connectivity index (χ3n) is 12.9. The van der Waals surface area contributed by atoms with Crippen molar-refractivity contribution in [3.8, 4) is 0 Å². The van der Waals surface area contributed by atoms with Crippen LogP contribution in [0.3, 0.4) is 0 Å². The molecule has 0 aliphatic heterocycles. The maximum absolute atomic E-state index is 12.1. The molecule has 1 unspecified atom stereocenters. The highest BCUT2D eigenvalue weighted by Gasteiger charge is 2.41. The van der Waals surface area contributed by atoms with Gasteiger partial charge in [-0.2, -0.15) is 0 Å². The van der Waals surface area contributed by atoms with Gasteiger partial charge in [-0.1, -0.05) is 229 Å². The minimum atomic E-state index is -0.179. The number of aliphatic hydroxyl groups excluding tert-OH is 1. The van der Waals surface area contributed by atoms with Crippen molar-refractivity contribution in [3.63, 3.8) is 0 Å². The minimum absolute atomic E-state index is 0. The number of halogens is 1. The lowest BCUT2D eigenvalue weighted by Crippen LogP contribution is -3.00. The van der Waals surface area contributed by atoms with Crippen molar-refractivity contribution < 1.29 is 22.0 Å². The Morgan fingerprint density at radius 1 is 0.349 bits per heavy atom. The molecule has 2 nitrogen and oxygen atoms in total. The van der Waals surface area contributed by atoms with Crippen LogP contribution in [0.25, 0.3) is 0 Å². The lowest BCUT2D eigenvalue weighted by atomic mass is 9.71. The Kier molecular flexibility index (Phi) is 50.7. The smallest absolute Gasteiger partial charge is 0.0862 e. The number of aliphatic hydroxyl groups is 1. The molecule has 63 heavy (non-hydrogen) atoms. The summed E-state index contributed by atoms with van der Waals surface area (Å²) in [6, 6.07) is 0. The molecule has 0 bridgehead atoms. The number of rotatable bonds is 48. The van der Waals surface area contributed by atoms with Gasteiger partial charge >= 0.3 is 0 Å². The number of hydrogen-bond donors (Lipinski definition) is 1. The van der Waals surface area contributed by atoms with Gasteiger partial charge < -0.3 is 22.0 Å². The maximum Gasteiger partial charge on any atom is 0.0862 e. The maximum atomic E-state index is 12.1. The van der Waals surface area contributed by atoms with Gasteiger partial charge in [0.2, 0.25) is 0 Å². The Labute approximate surface area is 403 Å². The summed E-state index contributed by atoms with van der Waals surface area (Å²) in [5.41, 5.74) is 0.0414. The van der Waals surface area contributed by atoms with Crippen LogP contribution in [-0.4, -0.2) is 43.4 Å². The molecule has 0 aromatic rings. The van der Waals surface area contributed by atoms with Crippen LogP contribution in [0.15, 0.2) is 72.9 Å². The Bertz CT molecular complexity index is 1030. The first-order valence-corrected chi connectivity index (χ1v) is 27.7. The van der Waals surface area contributed by atoms with Crippen LogP contribution < -0.4 is 12.4 Å². The molecule has 0 spiro atoms. The van der Waals surface area contributed by atoms with Crippen LogP contribution >= 0.6 is 0 Å². The molecule has 1 N–H and O–H groups in total. The molecular weight excluding hydrogens is 786 g/mol. The van der Waals surface area contributed by atoms with Gasteiger partial charge in [-0.25, -0.2) is 0 Å². The summed E-state index contributed by atoms with van der Waals surface area (Å²) >= 11 is 0. The highest BCUT2D eigenvalue weighted by molar-refractivity contribution is 4.94. The summed E-state index contributed by atoms with van der Waals surface area (Å²) in [6.45, 7) is 7.92. The fraction of sp³-hybridized carbons (Fsp3) is 0.800. The van der Waals surface area contributed by atoms with Crippen LogP contribution in [0.4, 0.5) is 0 Å². The van der Waals surface area contributed by atoms with E-state index in [9.17, 15) is 5.11 Å². The molecule has 0 radical (unpaired) electrons. The molecule has 0 saturated carbocycles. The van der Waals surface area contributed by atoms with Crippen molar-refractivity contribution in [2.75, 3.05) is 27.7 Å². The predicted molar refractivity (Wildman–Crippen MR) is 283 cm³/mol. The highest BCUT2D eigenvalue weighted by atomic mass is 35.5. The van der Waals surface area contributed by atoms with E-state index in [4.69, 9.17) is 0 Å². The molecule has 0 aromatic heterocycles. The topological polar surface area (TPSA) is 20.2 Å². The molecule has 0 fully saturated rings. The molecule has 0 aliphatic rings. The Morgan fingerprint density at radius 2 is 0.603 bits per heavy atom. The normalized spacial score (nSPS) is 13.4. The van der Waals surface area contributed by atoms with Gasteiger partial charge in [-0.05, 0) is 116 Å². The van der Waals surface area contributed by atoms with E-state index in [2.05, 4.69) is 115 Å². The standard InChI is InChI=1S/C60H112NO.ClH/c1-7-10-13-16-19-22-25-28-31-34-37-40-43-46-49-52-55-59(62)60(58-61(4,5)6,56-53-50-47-44-41-38-35-32-29-26-23-20-17-14-11-8-2)57-54-51-48-45-42-39-36-33-30-27-24-21-18-15-12-9-3;/h19-24,28-33,59,62H,7-18,25-27,34-58H2,1-6H3;1H/q+1;/p-1/b22-19-,23-20-,24-21-,31-28-,32-29-,33-30-;. The van der Waals surface area contributed by atoms with Crippen LogP contribution in [0.5, 0.6) is 0 Å². The second kappa shape index (κ2) is 50.1. The van der Waals surface area contributed by atoms with Gasteiger partial charge in [0.15, 0.2) is 0 Å². The average molecular weight is 899 g/mol. The lowest BCUT2D eigenvalue weighted by Gasteiger charge is -2.43.